The van der Waals surface area contributed by atoms with Gasteiger partial charge in [0.1, 0.15) is 0 Å². The van der Waals surface area contributed by atoms with E-state index in [9.17, 15) is 4.79 Å². The van der Waals surface area contributed by atoms with Crippen LogP contribution in [0.15, 0.2) is 128 Å². The van der Waals surface area contributed by atoms with E-state index in [4.69, 9.17) is 0 Å². The Morgan fingerprint density at radius 3 is 2.02 bits per heavy atom. The average molecular weight is 581 g/mol. The third kappa shape index (κ3) is 7.80. The van der Waals surface area contributed by atoms with Crippen LogP contribution in [0.3, 0.4) is 0 Å². The third-order valence-corrected chi connectivity index (χ3v) is 8.45. The number of carbonyl (C=O) groups is 1. The summed E-state index contributed by atoms with van der Waals surface area (Å²) in [7, 11) is 0. The molecule has 44 heavy (non-hydrogen) atoms. The van der Waals surface area contributed by atoms with Crippen LogP contribution in [0.25, 0.3) is 22.3 Å². The van der Waals surface area contributed by atoms with Crippen molar-refractivity contribution in [2.24, 2.45) is 0 Å². The highest BCUT2D eigenvalue weighted by molar-refractivity contribution is 5.94. The molecule has 0 unspecified atom stereocenters. The smallest absolute Gasteiger partial charge is 0.316 e. The number of nitrogens with one attached hydrogen (secondary N) is 2. The van der Waals surface area contributed by atoms with Gasteiger partial charge in [0, 0.05) is 43.6 Å². The summed E-state index contributed by atoms with van der Waals surface area (Å²) in [5.41, 5.74) is 8.57. The van der Waals surface area contributed by atoms with Gasteiger partial charge in [0.25, 0.3) is 0 Å². The number of hydrogen-bond donors (Lipinski definition) is 2. The first-order valence-corrected chi connectivity index (χ1v) is 15.7. The topological polar surface area (TPSA) is 57.3 Å². The monoisotopic (exact) mass is 580 g/mol. The van der Waals surface area contributed by atoms with Crippen LogP contribution in [0.4, 0.5) is 10.5 Å². The molecule has 0 radical (unpaired) electrons. The Bertz CT molecular complexity index is 1610. The number of rotatable bonds is 10. The van der Waals surface area contributed by atoms with Crippen molar-refractivity contribution in [2.75, 3.05) is 5.32 Å². The molecule has 0 spiro atoms. The molecule has 2 amide bonds. The highest BCUT2D eigenvalue weighted by atomic mass is 16.2. The summed E-state index contributed by atoms with van der Waals surface area (Å²) in [5, 5.41) is 6.92. The van der Waals surface area contributed by atoms with Gasteiger partial charge in [-0.25, -0.2) is 4.79 Å². The number of anilines is 1. The summed E-state index contributed by atoms with van der Waals surface area (Å²) in [5.74, 6) is 0. The van der Waals surface area contributed by atoms with Gasteiger partial charge in [-0.1, -0.05) is 122 Å². The molecule has 1 aliphatic rings. The Morgan fingerprint density at radius 1 is 0.659 bits per heavy atom. The molecule has 1 aromatic heterocycles. The number of benzene rings is 4. The van der Waals surface area contributed by atoms with Crippen molar-refractivity contribution in [1.82, 2.24) is 15.2 Å². The van der Waals surface area contributed by atoms with Crippen molar-refractivity contribution < 1.29 is 4.79 Å². The van der Waals surface area contributed by atoms with Crippen LogP contribution in [0.2, 0.25) is 0 Å². The van der Waals surface area contributed by atoms with Crippen molar-refractivity contribution in [3.05, 3.63) is 144 Å². The van der Waals surface area contributed by atoms with E-state index >= 15 is 0 Å². The van der Waals surface area contributed by atoms with Crippen molar-refractivity contribution in [2.45, 2.75) is 57.8 Å². The SMILES string of the molecule is O=C(Nc1ccccc1-c1ccccc1)N(Cc1ccc(-c2ccc(CNC3CCCCC3)cc2)cc1)Cc1cccnc1. The first kappa shape index (κ1) is 29.3. The minimum absolute atomic E-state index is 0.154. The van der Waals surface area contributed by atoms with Gasteiger partial charge in [-0.3, -0.25) is 4.98 Å². The number of para-hydroxylation sites is 1. The van der Waals surface area contributed by atoms with Crippen LogP contribution >= 0.6 is 0 Å². The van der Waals surface area contributed by atoms with E-state index in [1.54, 1.807) is 6.20 Å². The summed E-state index contributed by atoms with van der Waals surface area (Å²) in [6, 6.07) is 39.9. The lowest BCUT2D eigenvalue weighted by Crippen LogP contribution is -2.34. The van der Waals surface area contributed by atoms with E-state index in [2.05, 4.69) is 76.3 Å². The van der Waals surface area contributed by atoms with E-state index in [1.807, 2.05) is 65.7 Å². The first-order chi connectivity index (χ1) is 21.7. The number of pyridine rings is 1. The summed E-state index contributed by atoms with van der Waals surface area (Å²) in [4.78, 5) is 19.9. The Balaban J connectivity index is 1.14. The Hall–Kier alpha value is -4.74. The van der Waals surface area contributed by atoms with Crippen LogP contribution < -0.4 is 10.6 Å². The van der Waals surface area contributed by atoms with Crippen molar-refractivity contribution >= 4 is 11.7 Å². The molecule has 5 aromatic rings. The summed E-state index contributed by atoms with van der Waals surface area (Å²) >= 11 is 0. The molecule has 2 N–H and O–H groups in total. The van der Waals surface area contributed by atoms with E-state index in [1.165, 1.54) is 48.8 Å². The third-order valence-electron chi connectivity index (χ3n) is 8.45. The zero-order chi connectivity index (χ0) is 30.0. The van der Waals surface area contributed by atoms with E-state index in [0.29, 0.717) is 19.1 Å². The molecule has 0 atom stereocenters. The lowest BCUT2D eigenvalue weighted by Gasteiger charge is -2.24. The molecule has 1 fully saturated rings. The lowest BCUT2D eigenvalue weighted by atomic mass is 9.95. The number of hydrogen-bond acceptors (Lipinski definition) is 3. The average Bonchev–Trinajstić information content (AvgIpc) is 3.09. The standard InChI is InChI=1S/C39H40N4O/c44-39(42-38-16-8-7-15-37(38)35-11-3-1-4-12-35)43(29-32-10-9-25-40-26-32)28-31-19-23-34(24-20-31)33-21-17-30(18-22-33)27-41-36-13-5-2-6-14-36/h1,3-4,7-12,15-26,36,41H,2,5-6,13-14,27-29H2,(H,42,44). The van der Waals surface area contributed by atoms with Crippen LogP contribution in [0, 0.1) is 0 Å². The number of nitrogens with zero attached hydrogens (tertiary/aromatic N) is 2. The molecular weight excluding hydrogens is 540 g/mol. The maximum atomic E-state index is 13.8. The normalized spacial score (nSPS) is 13.4. The Morgan fingerprint density at radius 2 is 1.32 bits per heavy atom. The predicted molar refractivity (Wildman–Crippen MR) is 180 cm³/mol. The van der Waals surface area contributed by atoms with E-state index < -0.39 is 0 Å². The van der Waals surface area contributed by atoms with Crippen LogP contribution in [0.5, 0.6) is 0 Å². The molecule has 222 valence electrons. The fourth-order valence-corrected chi connectivity index (χ4v) is 5.97. The van der Waals surface area contributed by atoms with Gasteiger partial charge in [0.2, 0.25) is 0 Å². The Kier molecular flexibility index (Phi) is 9.75. The molecule has 1 aliphatic carbocycles. The van der Waals surface area contributed by atoms with E-state index in [-0.39, 0.29) is 6.03 Å². The summed E-state index contributed by atoms with van der Waals surface area (Å²) < 4.78 is 0. The minimum atomic E-state index is -0.154. The van der Waals surface area contributed by atoms with Gasteiger partial charge < -0.3 is 15.5 Å². The van der Waals surface area contributed by atoms with Gasteiger partial charge in [-0.2, -0.15) is 0 Å². The van der Waals surface area contributed by atoms with Crippen molar-refractivity contribution in [3.63, 3.8) is 0 Å². The lowest BCUT2D eigenvalue weighted by molar-refractivity contribution is 0.206. The maximum Gasteiger partial charge on any atom is 0.322 e. The number of urea groups is 1. The second-order valence-corrected chi connectivity index (χ2v) is 11.7. The summed E-state index contributed by atoms with van der Waals surface area (Å²) in [6.07, 6.45) is 10.2. The number of aromatic nitrogens is 1. The second kappa shape index (κ2) is 14.6. The van der Waals surface area contributed by atoms with Gasteiger partial charge in [0.05, 0.1) is 5.69 Å². The fraction of sp³-hybridized carbons (Fsp3) is 0.231. The zero-order valence-corrected chi connectivity index (χ0v) is 25.2. The molecule has 6 rings (SSSR count). The molecule has 1 heterocycles. The predicted octanol–water partition coefficient (Wildman–Crippen LogP) is 9.07. The van der Waals surface area contributed by atoms with Crippen molar-refractivity contribution in [3.8, 4) is 22.3 Å². The molecule has 0 saturated heterocycles. The molecule has 0 bridgehead atoms. The molecular formula is C39H40N4O. The second-order valence-electron chi connectivity index (χ2n) is 11.7. The summed E-state index contributed by atoms with van der Waals surface area (Å²) in [6.45, 7) is 1.85. The Labute approximate surface area is 261 Å². The quantitative estimate of drug-likeness (QED) is 0.173. The van der Waals surface area contributed by atoms with Crippen LogP contribution in [-0.2, 0) is 19.6 Å². The highest BCUT2D eigenvalue weighted by Crippen LogP contribution is 2.28. The van der Waals surface area contributed by atoms with Gasteiger partial charge in [0.15, 0.2) is 0 Å². The number of carbonyl (C=O) groups excluding carboxylic acids is 1. The highest BCUT2D eigenvalue weighted by Gasteiger charge is 2.17. The molecule has 1 saturated carbocycles. The van der Waals surface area contributed by atoms with Crippen LogP contribution in [0.1, 0.15) is 48.8 Å². The van der Waals surface area contributed by atoms with Gasteiger partial charge in [-0.15, -0.1) is 0 Å². The molecule has 5 nitrogen and oxygen atoms in total. The minimum Gasteiger partial charge on any atom is -0.316 e. The van der Waals surface area contributed by atoms with Crippen LogP contribution in [-0.4, -0.2) is 22.0 Å². The molecule has 0 aliphatic heterocycles. The molecule has 4 aromatic carbocycles. The number of amides is 2. The largest absolute Gasteiger partial charge is 0.322 e. The maximum absolute atomic E-state index is 13.8. The first-order valence-electron chi connectivity index (χ1n) is 15.7. The van der Waals surface area contributed by atoms with Gasteiger partial charge >= 0.3 is 6.03 Å². The molecule has 5 heteroatoms. The van der Waals surface area contributed by atoms with Gasteiger partial charge in [-0.05, 0) is 58.4 Å². The fourth-order valence-electron chi connectivity index (χ4n) is 5.97. The zero-order valence-electron chi connectivity index (χ0n) is 25.2. The van der Waals surface area contributed by atoms with E-state index in [0.717, 1.165) is 34.5 Å². The van der Waals surface area contributed by atoms with Crippen molar-refractivity contribution in [1.29, 1.82) is 0 Å².